The smallest absolute Gasteiger partial charge is 0.244 e. The van der Waals surface area contributed by atoms with Crippen molar-refractivity contribution in [2.24, 2.45) is 22.4 Å². The van der Waals surface area contributed by atoms with Crippen molar-refractivity contribution in [2.45, 2.75) is 39.5 Å². The van der Waals surface area contributed by atoms with Crippen molar-refractivity contribution in [2.75, 3.05) is 0 Å². The fraction of sp³-hybridized carbons (Fsp3) is 0.529. The Bertz CT molecular complexity index is 537. The first-order chi connectivity index (χ1) is 9.63. The van der Waals surface area contributed by atoms with Crippen molar-refractivity contribution in [3.63, 3.8) is 0 Å². The number of rotatable bonds is 3. The maximum atomic E-state index is 12.3. The molecule has 0 bridgehead atoms. The number of nitrogens with zero attached hydrogens (tertiary/aromatic N) is 1. The van der Waals surface area contributed by atoms with Crippen LogP contribution in [0.5, 0.6) is 0 Å². The van der Waals surface area contributed by atoms with Crippen molar-refractivity contribution in [1.82, 2.24) is 5.43 Å². The Morgan fingerprint density at radius 3 is 2.70 bits per heavy atom. The van der Waals surface area contributed by atoms with Crippen LogP contribution in [0.2, 0.25) is 0 Å². The van der Waals surface area contributed by atoms with E-state index in [9.17, 15) is 4.79 Å². The fourth-order valence-corrected chi connectivity index (χ4v) is 3.80. The van der Waals surface area contributed by atoms with Crippen molar-refractivity contribution >= 4 is 11.6 Å². The van der Waals surface area contributed by atoms with Crippen molar-refractivity contribution in [1.29, 1.82) is 0 Å². The Labute approximate surface area is 120 Å². The average Bonchev–Trinajstić information content (AvgIpc) is 3.11. The second-order valence-electron chi connectivity index (χ2n) is 6.38. The number of hydrogen-bond donors (Lipinski definition) is 1. The molecule has 2 saturated carbocycles. The number of carbonyl (C=O) groups is 1. The molecule has 1 aromatic carbocycles. The van der Waals surface area contributed by atoms with Crippen LogP contribution in [0, 0.1) is 17.3 Å². The summed E-state index contributed by atoms with van der Waals surface area (Å²) in [5.74, 6) is 0.871. The summed E-state index contributed by atoms with van der Waals surface area (Å²) < 4.78 is 0. The van der Waals surface area contributed by atoms with Gasteiger partial charge in [-0.3, -0.25) is 4.79 Å². The van der Waals surface area contributed by atoms with Gasteiger partial charge < -0.3 is 0 Å². The molecule has 1 amide bonds. The highest BCUT2D eigenvalue weighted by molar-refractivity contribution is 5.99. The van der Waals surface area contributed by atoms with Crippen LogP contribution in [0.4, 0.5) is 0 Å². The largest absolute Gasteiger partial charge is 0.273 e. The Morgan fingerprint density at radius 2 is 2.05 bits per heavy atom. The molecule has 0 radical (unpaired) electrons. The molecule has 0 unspecified atom stereocenters. The zero-order valence-corrected chi connectivity index (χ0v) is 12.2. The van der Waals surface area contributed by atoms with Gasteiger partial charge in [0.25, 0.3) is 0 Å². The van der Waals surface area contributed by atoms with E-state index in [1.807, 2.05) is 37.3 Å². The molecule has 2 aliphatic rings. The Balaban J connectivity index is 1.63. The first-order valence-electron chi connectivity index (χ1n) is 7.52. The van der Waals surface area contributed by atoms with E-state index >= 15 is 0 Å². The van der Waals surface area contributed by atoms with Crippen molar-refractivity contribution in [3.05, 3.63) is 35.9 Å². The summed E-state index contributed by atoms with van der Waals surface area (Å²) in [5, 5.41) is 4.26. The zero-order chi connectivity index (χ0) is 14.2. The van der Waals surface area contributed by atoms with Crippen LogP contribution in [-0.4, -0.2) is 11.6 Å². The fourth-order valence-electron chi connectivity index (χ4n) is 3.80. The lowest BCUT2D eigenvalue weighted by atomic mass is 9.90. The Kier molecular flexibility index (Phi) is 3.36. The molecular formula is C17H22N2O. The second-order valence-corrected chi connectivity index (χ2v) is 6.38. The lowest BCUT2D eigenvalue weighted by Gasteiger charge is -2.15. The molecule has 3 atom stereocenters. The molecular weight excluding hydrogens is 248 g/mol. The van der Waals surface area contributed by atoms with Gasteiger partial charge in [-0.15, -0.1) is 0 Å². The van der Waals surface area contributed by atoms with E-state index in [-0.39, 0.29) is 17.2 Å². The summed E-state index contributed by atoms with van der Waals surface area (Å²) in [7, 11) is 0. The average molecular weight is 270 g/mol. The molecule has 3 heteroatoms. The van der Waals surface area contributed by atoms with Gasteiger partial charge in [0, 0.05) is 5.92 Å². The molecule has 0 aromatic heterocycles. The minimum atomic E-state index is 0.106. The third kappa shape index (κ3) is 2.26. The molecule has 106 valence electrons. The normalized spacial score (nSPS) is 32.4. The quantitative estimate of drug-likeness (QED) is 0.664. The minimum Gasteiger partial charge on any atom is -0.273 e. The molecule has 3 nitrogen and oxygen atoms in total. The summed E-state index contributed by atoms with van der Waals surface area (Å²) >= 11 is 0. The summed E-state index contributed by atoms with van der Waals surface area (Å²) in [6.07, 6.45) is 4.94. The maximum absolute atomic E-state index is 12.3. The molecule has 1 N–H and O–H groups in total. The van der Waals surface area contributed by atoms with Crippen LogP contribution in [0.25, 0.3) is 0 Å². The molecule has 0 saturated heterocycles. The third-order valence-corrected chi connectivity index (χ3v) is 5.14. The van der Waals surface area contributed by atoms with Gasteiger partial charge in [-0.2, -0.15) is 5.10 Å². The number of fused-ring (bicyclic) bond motifs is 1. The molecule has 2 aliphatic carbocycles. The molecule has 0 heterocycles. The van der Waals surface area contributed by atoms with Crippen LogP contribution < -0.4 is 5.43 Å². The molecule has 0 aliphatic heterocycles. The minimum absolute atomic E-state index is 0.106. The SMILES string of the molecule is C/C(=N/NC(=O)[C@@H]1[C@@H]2CCCC[C@]12C)c1ccccc1. The summed E-state index contributed by atoms with van der Waals surface area (Å²) in [4.78, 5) is 12.3. The van der Waals surface area contributed by atoms with Gasteiger partial charge in [-0.1, -0.05) is 50.1 Å². The second kappa shape index (κ2) is 5.04. The predicted molar refractivity (Wildman–Crippen MR) is 80.4 cm³/mol. The number of nitrogens with one attached hydrogen (secondary N) is 1. The maximum Gasteiger partial charge on any atom is 0.244 e. The van der Waals surface area contributed by atoms with E-state index in [2.05, 4.69) is 17.5 Å². The van der Waals surface area contributed by atoms with Crippen LogP contribution in [0.15, 0.2) is 35.4 Å². The Hall–Kier alpha value is -1.64. The Morgan fingerprint density at radius 1 is 1.30 bits per heavy atom. The lowest BCUT2D eigenvalue weighted by Crippen LogP contribution is -2.23. The van der Waals surface area contributed by atoms with E-state index in [0.717, 1.165) is 11.3 Å². The molecule has 3 rings (SSSR count). The van der Waals surface area contributed by atoms with Gasteiger partial charge in [0.15, 0.2) is 0 Å². The van der Waals surface area contributed by atoms with Crippen molar-refractivity contribution < 1.29 is 4.79 Å². The van der Waals surface area contributed by atoms with Crippen LogP contribution in [0.1, 0.15) is 45.1 Å². The van der Waals surface area contributed by atoms with Gasteiger partial charge in [-0.25, -0.2) is 5.43 Å². The zero-order valence-electron chi connectivity index (χ0n) is 12.2. The first kappa shape index (κ1) is 13.3. The summed E-state index contributed by atoms with van der Waals surface area (Å²) in [6, 6.07) is 9.94. The van der Waals surface area contributed by atoms with E-state index in [4.69, 9.17) is 0 Å². The standard InChI is InChI=1S/C17H22N2O/c1-12(13-8-4-3-5-9-13)18-19-16(20)15-14-10-6-7-11-17(14,15)2/h3-5,8-9,14-15H,6-7,10-11H2,1-2H3,(H,19,20)/b18-12-/t14-,15-,17-/m0/s1. The highest BCUT2D eigenvalue weighted by Crippen LogP contribution is 2.66. The summed E-state index contributed by atoms with van der Waals surface area (Å²) in [6.45, 7) is 4.19. The number of amides is 1. The van der Waals surface area contributed by atoms with Crippen LogP contribution in [0.3, 0.4) is 0 Å². The van der Waals surface area contributed by atoms with E-state index < -0.39 is 0 Å². The predicted octanol–water partition coefficient (Wildman–Crippen LogP) is 3.35. The highest BCUT2D eigenvalue weighted by Gasteiger charge is 2.64. The van der Waals surface area contributed by atoms with Gasteiger partial charge in [0.1, 0.15) is 0 Å². The number of hydrogen-bond acceptors (Lipinski definition) is 2. The molecule has 0 spiro atoms. The highest BCUT2D eigenvalue weighted by atomic mass is 16.2. The van der Waals surface area contributed by atoms with E-state index in [1.165, 1.54) is 25.7 Å². The van der Waals surface area contributed by atoms with Gasteiger partial charge >= 0.3 is 0 Å². The van der Waals surface area contributed by atoms with Gasteiger partial charge in [0.2, 0.25) is 5.91 Å². The molecule has 1 aromatic rings. The number of hydrazone groups is 1. The molecule has 20 heavy (non-hydrogen) atoms. The van der Waals surface area contributed by atoms with Crippen molar-refractivity contribution in [3.8, 4) is 0 Å². The topological polar surface area (TPSA) is 41.5 Å². The van der Waals surface area contributed by atoms with Crippen LogP contribution in [-0.2, 0) is 4.79 Å². The van der Waals surface area contributed by atoms with Gasteiger partial charge in [-0.05, 0) is 36.7 Å². The third-order valence-electron chi connectivity index (χ3n) is 5.14. The molecule has 2 fully saturated rings. The monoisotopic (exact) mass is 270 g/mol. The van der Waals surface area contributed by atoms with E-state index in [1.54, 1.807) is 0 Å². The van der Waals surface area contributed by atoms with Crippen LogP contribution >= 0.6 is 0 Å². The lowest BCUT2D eigenvalue weighted by molar-refractivity contribution is -0.123. The number of carbonyl (C=O) groups excluding carboxylic acids is 1. The van der Waals surface area contributed by atoms with Gasteiger partial charge in [0.05, 0.1) is 5.71 Å². The summed E-state index contributed by atoms with van der Waals surface area (Å²) in [5.41, 5.74) is 4.92. The van der Waals surface area contributed by atoms with E-state index in [0.29, 0.717) is 5.92 Å². The number of benzene rings is 1. The first-order valence-corrected chi connectivity index (χ1v) is 7.52.